The van der Waals surface area contributed by atoms with Crippen molar-refractivity contribution in [2.75, 3.05) is 23.3 Å². The number of para-hydroxylation sites is 1. The number of hydrogen-bond acceptors (Lipinski definition) is 4. The monoisotopic (exact) mass is 430 g/mol. The number of nitrogens with zero attached hydrogens (tertiary/aromatic N) is 1. The second-order valence-electron chi connectivity index (χ2n) is 6.13. The van der Waals surface area contributed by atoms with Crippen molar-refractivity contribution in [3.05, 3.63) is 83.9 Å². The molecule has 0 atom stereocenters. The number of carbonyl (C=O) groups is 1. The van der Waals surface area contributed by atoms with Crippen LogP contribution in [0.4, 0.5) is 11.4 Å². The summed E-state index contributed by atoms with van der Waals surface area (Å²) in [7, 11) is -2.29. The van der Waals surface area contributed by atoms with Crippen LogP contribution in [0.3, 0.4) is 0 Å². The minimum absolute atomic E-state index is 0.0670. The van der Waals surface area contributed by atoms with Crippen LogP contribution in [-0.4, -0.2) is 28.0 Å². The molecule has 150 valence electrons. The highest BCUT2D eigenvalue weighted by atomic mass is 35.5. The topological polar surface area (TPSA) is 75.7 Å². The van der Waals surface area contributed by atoms with Gasteiger partial charge in [-0.15, -0.1) is 0 Å². The normalized spacial score (nSPS) is 11.0. The van der Waals surface area contributed by atoms with Crippen LogP contribution in [0.5, 0.6) is 5.75 Å². The lowest BCUT2D eigenvalue weighted by Crippen LogP contribution is -2.26. The molecule has 1 N–H and O–H groups in total. The molecule has 0 saturated carbocycles. The number of ether oxygens (including phenoxy) is 1. The van der Waals surface area contributed by atoms with E-state index in [-0.39, 0.29) is 11.5 Å². The van der Waals surface area contributed by atoms with E-state index in [0.717, 1.165) is 0 Å². The summed E-state index contributed by atoms with van der Waals surface area (Å²) >= 11 is 5.88. The third-order valence-electron chi connectivity index (χ3n) is 4.06. The van der Waals surface area contributed by atoms with E-state index in [1.165, 1.54) is 23.5 Å². The van der Waals surface area contributed by atoms with Gasteiger partial charge >= 0.3 is 0 Å². The first kappa shape index (κ1) is 20.7. The van der Waals surface area contributed by atoms with Gasteiger partial charge < -0.3 is 10.1 Å². The minimum atomic E-state index is -3.77. The Morgan fingerprint density at radius 3 is 2.45 bits per heavy atom. The standard InChI is InChI=1S/C21H19ClN2O4S/c1-24(18-9-3-2-4-10-18)29(26,27)20-12-6-8-17(14-20)23-21(25)15-28-19-11-5-7-16(22)13-19/h2-14H,15H2,1H3,(H,23,25). The molecule has 3 rings (SSSR count). The maximum absolute atomic E-state index is 12.9. The van der Waals surface area contributed by atoms with Crippen molar-refractivity contribution in [3.8, 4) is 5.75 Å². The van der Waals surface area contributed by atoms with E-state index in [1.807, 2.05) is 6.07 Å². The number of nitrogens with one attached hydrogen (secondary N) is 1. The molecule has 0 fully saturated rings. The third-order valence-corrected chi connectivity index (χ3v) is 6.08. The van der Waals surface area contributed by atoms with Crippen LogP contribution in [0.2, 0.25) is 5.02 Å². The zero-order chi connectivity index (χ0) is 20.9. The third kappa shape index (κ3) is 5.28. The van der Waals surface area contributed by atoms with Gasteiger partial charge in [0.25, 0.3) is 15.9 Å². The summed E-state index contributed by atoms with van der Waals surface area (Å²) in [4.78, 5) is 12.2. The van der Waals surface area contributed by atoms with E-state index >= 15 is 0 Å². The van der Waals surface area contributed by atoms with Crippen LogP contribution >= 0.6 is 11.6 Å². The first-order chi connectivity index (χ1) is 13.9. The zero-order valence-electron chi connectivity index (χ0n) is 15.6. The van der Waals surface area contributed by atoms with Crippen LogP contribution in [-0.2, 0) is 14.8 Å². The van der Waals surface area contributed by atoms with Crippen molar-refractivity contribution in [1.82, 2.24) is 0 Å². The maximum atomic E-state index is 12.9. The lowest BCUT2D eigenvalue weighted by atomic mass is 10.3. The molecule has 0 aliphatic carbocycles. The summed E-state index contributed by atoms with van der Waals surface area (Å²) < 4.78 is 32.4. The number of anilines is 2. The van der Waals surface area contributed by atoms with Gasteiger partial charge in [0.2, 0.25) is 0 Å². The van der Waals surface area contributed by atoms with Crippen molar-refractivity contribution in [3.63, 3.8) is 0 Å². The lowest BCUT2D eigenvalue weighted by Gasteiger charge is -2.19. The highest BCUT2D eigenvalue weighted by Crippen LogP contribution is 2.23. The minimum Gasteiger partial charge on any atom is -0.484 e. The van der Waals surface area contributed by atoms with Gasteiger partial charge in [0, 0.05) is 17.8 Å². The number of rotatable bonds is 7. The van der Waals surface area contributed by atoms with Crippen LogP contribution in [0, 0.1) is 0 Å². The average Bonchev–Trinajstić information content (AvgIpc) is 2.72. The Kier molecular flexibility index (Phi) is 6.41. The molecule has 0 aliphatic heterocycles. The fourth-order valence-electron chi connectivity index (χ4n) is 2.57. The Bertz CT molecular complexity index is 1100. The smallest absolute Gasteiger partial charge is 0.264 e. The first-order valence-electron chi connectivity index (χ1n) is 8.68. The molecular weight excluding hydrogens is 412 g/mol. The van der Waals surface area contributed by atoms with Crippen molar-refractivity contribution in [2.24, 2.45) is 0 Å². The van der Waals surface area contributed by atoms with E-state index in [4.69, 9.17) is 16.3 Å². The second kappa shape index (κ2) is 8.98. The Labute approximate surface area is 174 Å². The summed E-state index contributed by atoms with van der Waals surface area (Å²) in [5, 5.41) is 3.14. The molecule has 3 aromatic carbocycles. The van der Waals surface area contributed by atoms with E-state index in [9.17, 15) is 13.2 Å². The summed E-state index contributed by atoms with van der Waals surface area (Å²) in [5.41, 5.74) is 0.893. The lowest BCUT2D eigenvalue weighted by molar-refractivity contribution is -0.118. The number of hydrogen-bond donors (Lipinski definition) is 1. The molecule has 0 saturated heterocycles. The molecule has 0 bridgehead atoms. The van der Waals surface area contributed by atoms with Gasteiger partial charge in [0.1, 0.15) is 5.75 Å². The van der Waals surface area contributed by atoms with Crippen LogP contribution in [0.15, 0.2) is 83.8 Å². The van der Waals surface area contributed by atoms with Crippen molar-refractivity contribution >= 4 is 38.9 Å². The highest BCUT2D eigenvalue weighted by molar-refractivity contribution is 7.92. The molecule has 0 aromatic heterocycles. The summed E-state index contributed by atoms with van der Waals surface area (Å²) in [6, 6.07) is 21.5. The van der Waals surface area contributed by atoms with E-state index in [2.05, 4.69) is 5.32 Å². The summed E-state index contributed by atoms with van der Waals surface area (Å²) in [5.74, 6) is 0.0457. The molecule has 0 heterocycles. The first-order valence-corrected chi connectivity index (χ1v) is 10.5. The Morgan fingerprint density at radius 2 is 1.72 bits per heavy atom. The summed E-state index contributed by atoms with van der Waals surface area (Å²) in [6.45, 7) is -0.235. The van der Waals surface area contributed by atoms with E-state index in [0.29, 0.717) is 22.1 Å². The molecule has 1 amide bonds. The molecule has 0 radical (unpaired) electrons. The van der Waals surface area contributed by atoms with Gasteiger partial charge in [-0.1, -0.05) is 41.9 Å². The van der Waals surface area contributed by atoms with Crippen molar-refractivity contribution < 1.29 is 17.9 Å². The van der Waals surface area contributed by atoms with Gasteiger partial charge in [-0.2, -0.15) is 0 Å². The van der Waals surface area contributed by atoms with E-state index in [1.54, 1.807) is 60.7 Å². The molecule has 0 unspecified atom stereocenters. The predicted octanol–water partition coefficient (Wildman–Crippen LogP) is 4.18. The molecule has 29 heavy (non-hydrogen) atoms. The van der Waals surface area contributed by atoms with Crippen LogP contribution in [0.1, 0.15) is 0 Å². The largest absolute Gasteiger partial charge is 0.484 e. The molecule has 0 spiro atoms. The number of halogens is 1. The Balaban J connectivity index is 1.69. The molecule has 6 nitrogen and oxygen atoms in total. The number of benzene rings is 3. The van der Waals surface area contributed by atoms with Crippen molar-refractivity contribution in [2.45, 2.75) is 4.90 Å². The molecule has 0 aliphatic rings. The highest BCUT2D eigenvalue weighted by Gasteiger charge is 2.21. The molecule has 8 heteroatoms. The maximum Gasteiger partial charge on any atom is 0.264 e. The fraction of sp³-hybridized carbons (Fsp3) is 0.0952. The quantitative estimate of drug-likeness (QED) is 0.610. The van der Waals surface area contributed by atoms with Crippen LogP contribution in [0.25, 0.3) is 0 Å². The van der Waals surface area contributed by atoms with Gasteiger partial charge in [-0.3, -0.25) is 9.10 Å². The average molecular weight is 431 g/mol. The molecular formula is C21H19ClN2O4S. The number of carbonyl (C=O) groups excluding carboxylic acids is 1. The second-order valence-corrected chi connectivity index (χ2v) is 8.54. The zero-order valence-corrected chi connectivity index (χ0v) is 17.2. The summed E-state index contributed by atoms with van der Waals surface area (Å²) in [6.07, 6.45) is 0. The SMILES string of the molecule is CN(c1ccccc1)S(=O)(=O)c1cccc(NC(=O)COc2cccc(Cl)c2)c1. The van der Waals surface area contributed by atoms with Gasteiger partial charge in [0.15, 0.2) is 6.61 Å². The number of amides is 1. The number of sulfonamides is 1. The molecule has 3 aromatic rings. The Morgan fingerprint density at radius 1 is 1.00 bits per heavy atom. The van der Waals surface area contributed by atoms with Gasteiger partial charge in [-0.05, 0) is 48.5 Å². The van der Waals surface area contributed by atoms with Gasteiger partial charge in [0.05, 0.1) is 10.6 Å². The van der Waals surface area contributed by atoms with Gasteiger partial charge in [-0.25, -0.2) is 8.42 Å². The van der Waals surface area contributed by atoms with E-state index < -0.39 is 15.9 Å². The van der Waals surface area contributed by atoms with Crippen LogP contribution < -0.4 is 14.4 Å². The van der Waals surface area contributed by atoms with Crippen molar-refractivity contribution in [1.29, 1.82) is 0 Å². The fourth-order valence-corrected chi connectivity index (χ4v) is 3.99. The predicted molar refractivity (Wildman–Crippen MR) is 114 cm³/mol. The Hall–Kier alpha value is -3.03.